The molecule has 5 nitrogen and oxygen atoms in total. The lowest BCUT2D eigenvalue weighted by atomic mass is 10.0. The maximum atomic E-state index is 9.59. The molecular weight excluding hydrogens is 344 g/mol. The number of hydrogen-bond donors (Lipinski definition) is 2. The molecule has 0 spiro atoms. The van der Waals surface area contributed by atoms with Gasteiger partial charge in [-0.25, -0.2) is 0 Å². The highest BCUT2D eigenvalue weighted by Gasteiger charge is 2.40. The molecule has 0 unspecified atom stereocenters. The van der Waals surface area contributed by atoms with Crippen molar-refractivity contribution in [2.45, 2.75) is 19.0 Å². The fraction of sp³-hybridized carbons (Fsp3) is 0.200. The van der Waals surface area contributed by atoms with Gasteiger partial charge in [0.15, 0.2) is 5.11 Å². The van der Waals surface area contributed by atoms with E-state index < -0.39 is 0 Å². The van der Waals surface area contributed by atoms with Gasteiger partial charge in [0.1, 0.15) is 5.75 Å². The zero-order valence-electron chi connectivity index (χ0n) is 14.4. The van der Waals surface area contributed by atoms with Crippen LogP contribution in [0.5, 0.6) is 5.75 Å². The summed E-state index contributed by atoms with van der Waals surface area (Å²) in [5.74, 6) is 0.257. The van der Waals surface area contributed by atoms with Crippen molar-refractivity contribution in [2.75, 3.05) is 6.54 Å². The smallest absolute Gasteiger partial charge is 0.170 e. The van der Waals surface area contributed by atoms with Crippen molar-refractivity contribution in [1.29, 1.82) is 0 Å². The molecule has 3 aromatic rings. The molecule has 132 valence electrons. The van der Waals surface area contributed by atoms with Gasteiger partial charge in [-0.3, -0.25) is 4.98 Å². The highest BCUT2D eigenvalue weighted by molar-refractivity contribution is 7.80. The monoisotopic (exact) mass is 364 g/mol. The Morgan fingerprint density at radius 1 is 1.12 bits per heavy atom. The highest BCUT2D eigenvalue weighted by atomic mass is 32.1. The average Bonchev–Trinajstić information content (AvgIpc) is 3.27. The average molecular weight is 364 g/mol. The fourth-order valence-corrected chi connectivity index (χ4v) is 3.92. The summed E-state index contributed by atoms with van der Waals surface area (Å²) in [7, 11) is 0. The van der Waals surface area contributed by atoms with Gasteiger partial charge in [-0.05, 0) is 67.7 Å². The standard InChI is InChI=1S/C20H20N4OS/c1-2-23-19(18(22-20(23)26)16-6-3-4-12-21-16)17-7-5-13-24(17)14-8-10-15(25)11-9-14/h3-13,18-19,25H,2H2,1H3,(H,22,26)/t18-,19+/m1/s1. The van der Waals surface area contributed by atoms with Crippen LogP contribution in [0, 0.1) is 0 Å². The van der Waals surface area contributed by atoms with E-state index in [1.165, 1.54) is 0 Å². The number of phenolic OH excluding ortho intramolecular Hbond substituents is 1. The van der Waals surface area contributed by atoms with Crippen LogP contribution in [-0.2, 0) is 0 Å². The molecule has 0 aliphatic carbocycles. The van der Waals surface area contributed by atoms with Crippen LogP contribution in [0.4, 0.5) is 0 Å². The van der Waals surface area contributed by atoms with Gasteiger partial charge >= 0.3 is 0 Å². The van der Waals surface area contributed by atoms with Gasteiger partial charge in [0.05, 0.1) is 17.8 Å². The maximum Gasteiger partial charge on any atom is 0.170 e. The first kappa shape index (κ1) is 16.6. The molecule has 1 fully saturated rings. The Kier molecular flexibility index (Phi) is 4.34. The molecular formula is C20H20N4OS. The van der Waals surface area contributed by atoms with Crippen LogP contribution in [0.25, 0.3) is 5.69 Å². The summed E-state index contributed by atoms with van der Waals surface area (Å²) in [6.45, 7) is 2.91. The quantitative estimate of drug-likeness (QED) is 0.693. The number of pyridine rings is 1. The molecule has 0 radical (unpaired) electrons. The van der Waals surface area contributed by atoms with Crippen LogP contribution in [0.2, 0.25) is 0 Å². The minimum absolute atomic E-state index is 0.0191. The Hall–Kier alpha value is -2.86. The first-order valence-electron chi connectivity index (χ1n) is 8.63. The number of nitrogens with zero attached hydrogens (tertiary/aromatic N) is 3. The van der Waals surface area contributed by atoms with Crippen LogP contribution in [0.1, 0.15) is 30.4 Å². The fourth-order valence-electron chi connectivity index (χ4n) is 3.55. The van der Waals surface area contributed by atoms with E-state index in [0.717, 1.165) is 28.7 Å². The number of thiocarbonyl (C=S) groups is 1. The number of aromatic hydroxyl groups is 1. The van der Waals surface area contributed by atoms with Crippen LogP contribution in [0.3, 0.4) is 0 Å². The van der Waals surface area contributed by atoms with Crippen molar-refractivity contribution < 1.29 is 5.11 Å². The molecule has 1 aliphatic rings. The lowest BCUT2D eigenvalue weighted by Gasteiger charge is -2.27. The molecule has 2 atom stereocenters. The van der Waals surface area contributed by atoms with Gasteiger partial charge in [0.25, 0.3) is 0 Å². The topological polar surface area (TPSA) is 53.3 Å². The van der Waals surface area contributed by atoms with E-state index >= 15 is 0 Å². The summed E-state index contributed by atoms with van der Waals surface area (Å²) in [5, 5.41) is 13.8. The molecule has 2 N–H and O–H groups in total. The predicted molar refractivity (Wildman–Crippen MR) is 105 cm³/mol. The summed E-state index contributed by atoms with van der Waals surface area (Å²) >= 11 is 5.59. The minimum atomic E-state index is -0.0191. The Balaban J connectivity index is 1.80. The van der Waals surface area contributed by atoms with Gasteiger partial charge in [0, 0.05) is 30.3 Å². The summed E-state index contributed by atoms with van der Waals surface area (Å²) in [5.41, 5.74) is 3.09. The summed E-state index contributed by atoms with van der Waals surface area (Å²) < 4.78 is 2.14. The highest BCUT2D eigenvalue weighted by Crippen LogP contribution is 2.39. The third-order valence-electron chi connectivity index (χ3n) is 4.75. The molecule has 0 amide bonds. The molecule has 26 heavy (non-hydrogen) atoms. The first-order chi connectivity index (χ1) is 12.7. The molecule has 1 aliphatic heterocycles. The molecule has 0 saturated carbocycles. The zero-order chi connectivity index (χ0) is 18.1. The van der Waals surface area contributed by atoms with Crippen molar-refractivity contribution in [3.8, 4) is 11.4 Å². The second kappa shape index (κ2) is 6.80. The largest absolute Gasteiger partial charge is 0.508 e. The number of phenols is 1. The van der Waals surface area contributed by atoms with Gasteiger partial charge in [-0.15, -0.1) is 0 Å². The van der Waals surface area contributed by atoms with Crippen LogP contribution in [-0.4, -0.2) is 31.2 Å². The van der Waals surface area contributed by atoms with Crippen molar-refractivity contribution >= 4 is 17.3 Å². The number of benzene rings is 1. The number of rotatable bonds is 4. The van der Waals surface area contributed by atoms with E-state index in [1.807, 2.05) is 48.8 Å². The van der Waals surface area contributed by atoms with Gasteiger partial charge < -0.3 is 19.9 Å². The van der Waals surface area contributed by atoms with E-state index in [4.69, 9.17) is 12.2 Å². The molecule has 3 heterocycles. The van der Waals surface area contributed by atoms with Crippen molar-refractivity contribution in [3.05, 3.63) is 78.4 Å². The van der Waals surface area contributed by atoms with E-state index in [9.17, 15) is 5.11 Å². The Labute approximate surface area is 157 Å². The normalized spacial score (nSPS) is 19.6. The lowest BCUT2D eigenvalue weighted by Crippen LogP contribution is -2.30. The van der Waals surface area contributed by atoms with Crippen LogP contribution < -0.4 is 5.32 Å². The summed E-state index contributed by atoms with van der Waals surface area (Å²) in [4.78, 5) is 6.74. The Morgan fingerprint density at radius 2 is 1.92 bits per heavy atom. The van der Waals surface area contributed by atoms with E-state index in [2.05, 4.69) is 32.8 Å². The molecule has 2 aromatic heterocycles. The molecule has 6 heteroatoms. The number of hydrogen-bond acceptors (Lipinski definition) is 3. The summed E-state index contributed by atoms with van der Waals surface area (Å²) in [6.07, 6.45) is 3.84. The third-order valence-corrected chi connectivity index (χ3v) is 5.10. The SMILES string of the molecule is CCN1C(=S)N[C@H](c2ccccn2)[C@@H]1c1cccn1-c1ccc(O)cc1. The Morgan fingerprint density at radius 3 is 2.62 bits per heavy atom. The van der Waals surface area contributed by atoms with Crippen molar-refractivity contribution in [3.63, 3.8) is 0 Å². The second-order valence-electron chi connectivity index (χ2n) is 6.23. The van der Waals surface area contributed by atoms with E-state index in [-0.39, 0.29) is 17.8 Å². The van der Waals surface area contributed by atoms with Gasteiger partial charge in [0.2, 0.25) is 0 Å². The second-order valence-corrected chi connectivity index (χ2v) is 6.62. The number of nitrogens with one attached hydrogen (secondary N) is 1. The molecule has 0 bridgehead atoms. The zero-order valence-corrected chi connectivity index (χ0v) is 15.2. The molecule has 4 rings (SSSR count). The van der Waals surface area contributed by atoms with E-state index in [0.29, 0.717) is 0 Å². The van der Waals surface area contributed by atoms with Crippen LogP contribution >= 0.6 is 12.2 Å². The lowest BCUT2D eigenvalue weighted by molar-refractivity contribution is 0.321. The first-order valence-corrected chi connectivity index (χ1v) is 9.04. The van der Waals surface area contributed by atoms with Crippen molar-refractivity contribution in [1.82, 2.24) is 19.8 Å². The third kappa shape index (κ3) is 2.82. The molecule has 1 aromatic carbocycles. The number of likely N-dealkylation sites (N-methyl/N-ethyl adjacent to an activating group) is 1. The van der Waals surface area contributed by atoms with Gasteiger partial charge in [-0.2, -0.15) is 0 Å². The van der Waals surface area contributed by atoms with E-state index in [1.54, 1.807) is 12.1 Å². The van der Waals surface area contributed by atoms with Crippen molar-refractivity contribution in [2.24, 2.45) is 0 Å². The number of aromatic nitrogens is 2. The summed E-state index contributed by atoms with van der Waals surface area (Å²) in [6, 6.07) is 17.3. The Bertz CT molecular complexity index is 907. The molecule has 1 saturated heterocycles. The minimum Gasteiger partial charge on any atom is -0.508 e. The maximum absolute atomic E-state index is 9.59. The van der Waals surface area contributed by atoms with Gasteiger partial charge in [-0.1, -0.05) is 6.07 Å². The predicted octanol–water partition coefficient (Wildman–Crippen LogP) is 3.57. The van der Waals surface area contributed by atoms with Crippen LogP contribution in [0.15, 0.2) is 67.0 Å².